The number of nitrogens with zero attached hydrogens (tertiary/aromatic N) is 4. The molecule has 102 valence electrons. The molecule has 1 aliphatic carbocycles. The second-order valence-corrected chi connectivity index (χ2v) is 6.70. The Bertz CT molecular complexity index is 365. The number of thioether (sulfide) groups is 1. The molecule has 2 atom stereocenters. The van der Waals surface area contributed by atoms with Gasteiger partial charge in [0, 0.05) is 11.3 Å². The Balaban J connectivity index is 1.95. The lowest BCUT2D eigenvalue weighted by Crippen LogP contribution is -2.25. The Morgan fingerprint density at radius 2 is 2.28 bits per heavy atom. The first-order chi connectivity index (χ1) is 8.70. The van der Waals surface area contributed by atoms with Gasteiger partial charge >= 0.3 is 0 Å². The first kappa shape index (κ1) is 13.8. The summed E-state index contributed by atoms with van der Waals surface area (Å²) in [5.41, 5.74) is 0. The molecular weight excluding hydrogens is 246 g/mol. The maximum Gasteiger partial charge on any atom is 0.165 e. The quantitative estimate of drug-likeness (QED) is 0.856. The Kier molecular flexibility index (Phi) is 5.00. The van der Waals surface area contributed by atoms with E-state index in [2.05, 4.69) is 53.4 Å². The molecule has 1 fully saturated rings. The van der Waals surface area contributed by atoms with Gasteiger partial charge in [0.25, 0.3) is 0 Å². The van der Waals surface area contributed by atoms with Crippen LogP contribution in [0.15, 0.2) is 0 Å². The van der Waals surface area contributed by atoms with Crippen molar-refractivity contribution < 1.29 is 0 Å². The van der Waals surface area contributed by atoms with Crippen LogP contribution >= 0.6 is 11.8 Å². The fraction of sp³-hybridized carbons (Fsp3) is 0.917. The highest BCUT2D eigenvalue weighted by Gasteiger charge is 2.28. The van der Waals surface area contributed by atoms with Crippen LogP contribution in [-0.2, 0) is 6.54 Å². The van der Waals surface area contributed by atoms with Gasteiger partial charge in [0.2, 0.25) is 0 Å². The van der Waals surface area contributed by atoms with Crippen molar-refractivity contribution in [3.8, 4) is 0 Å². The second kappa shape index (κ2) is 6.52. The van der Waals surface area contributed by atoms with E-state index in [1.54, 1.807) is 0 Å². The topological polar surface area (TPSA) is 55.6 Å². The minimum Gasteiger partial charge on any atom is -0.308 e. The molecule has 0 amide bonds. The van der Waals surface area contributed by atoms with Crippen LogP contribution in [0.3, 0.4) is 0 Å². The first-order valence-electron chi connectivity index (χ1n) is 6.82. The van der Waals surface area contributed by atoms with E-state index in [1.165, 1.54) is 25.0 Å². The van der Waals surface area contributed by atoms with Gasteiger partial charge < -0.3 is 5.32 Å². The number of tetrazole rings is 1. The molecule has 1 aliphatic rings. The van der Waals surface area contributed by atoms with Crippen LogP contribution in [0, 0.1) is 0 Å². The summed E-state index contributed by atoms with van der Waals surface area (Å²) in [6, 6.07) is 0.954. The van der Waals surface area contributed by atoms with Crippen molar-refractivity contribution in [2.45, 2.75) is 63.9 Å². The van der Waals surface area contributed by atoms with Gasteiger partial charge in [-0.1, -0.05) is 20.8 Å². The maximum atomic E-state index is 4.18. The van der Waals surface area contributed by atoms with Crippen LogP contribution in [0.4, 0.5) is 0 Å². The smallest absolute Gasteiger partial charge is 0.165 e. The molecule has 1 heterocycles. The molecule has 1 aromatic rings. The van der Waals surface area contributed by atoms with Gasteiger partial charge in [0.15, 0.2) is 5.82 Å². The molecule has 0 radical (unpaired) electrons. The zero-order valence-corrected chi connectivity index (χ0v) is 12.3. The lowest BCUT2D eigenvalue weighted by Gasteiger charge is -2.13. The van der Waals surface area contributed by atoms with Crippen LogP contribution in [0.1, 0.15) is 51.9 Å². The fourth-order valence-corrected chi connectivity index (χ4v) is 3.57. The molecule has 2 unspecified atom stereocenters. The Morgan fingerprint density at radius 3 is 3.00 bits per heavy atom. The number of hydrogen-bond donors (Lipinski definition) is 1. The van der Waals surface area contributed by atoms with E-state index in [0.29, 0.717) is 12.1 Å². The highest BCUT2D eigenvalue weighted by Crippen LogP contribution is 2.36. The lowest BCUT2D eigenvalue weighted by molar-refractivity contribution is 0.426. The normalized spacial score (nSPS) is 24.0. The van der Waals surface area contributed by atoms with Crippen LogP contribution in [0.25, 0.3) is 0 Å². The summed E-state index contributed by atoms with van der Waals surface area (Å²) in [5, 5.41) is 16.3. The van der Waals surface area contributed by atoms with E-state index >= 15 is 0 Å². The summed E-state index contributed by atoms with van der Waals surface area (Å²) in [6.07, 6.45) is 3.70. The molecule has 0 spiro atoms. The zero-order valence-electron chi connectivity index (χ0n) is 11.5. The van der Waals surface area contributed by atoms with Crippen molar-refractivity contribution in [2.75, 3.05) is 5.75 Å². The van der Waals surface area contributed by atoms with Crippen molar-refractivity contribution in [3.63, 3.8) is 0 Å². The summed E-state index contributed by atoms with van der Waals surface area (Å²) >= 11 is 2.07. The molecule has 1 saturated carbocycles. The molecular formula is C12H23N5S. The Hall–Kier alpha value is -0.620. The van der Waals surface area contributed by atoms with Gasteiger partial charge in [0.05, 0.1) is 12.6 Å². The Morgan fingerprint density at radius 1 is 1.44 bits per heavy atom. The molecule has 1 N–H and O–H groups in total. The summed E-state index contributed by atoms with van der Waals surface area (Å²) in [5.74, 6) is 2.17. The summed E-state index contributed by atoms with van der Waals surface area (Å²) in [6.45, 7) is 7.26. The number of aromatic nitrogens is 4. The minimum absolute atomic E-state index is 0.460. The highest BCUT2D eigenvalue weighted by molar-refractivity contribution is 7.99. The van der Waals surface area contributed by atoms with Crippen molar-refractivity contribution in [2.24, 2.45) is 0 Å². The average Bonchev–Trinajstić information content (AvgIpc) is 2.94. The van der Waals surface area contributed by atoms with Crippen LogP contribution in [0.5, 0.6) is 0 Å². The van der Waals surface area contributed by atoms with E-state index in [9.17, 15) is 0 Å². The standard InChI is InChI=1S/C12H23N5S/c1-4-18-11-6-5-10(7-11)17-12(14-15-16-17)8-13-9(2)3/h9-11,13H,4-8H2,1-3H3. The van der Waals surface area contributed by atoms with E-state index < -0.39 is 0 Å². The molecule has 18 heavy (non-hydrogen) atoms. The second-order valence-electron chi connectivity index (χ2n) is 5.12. The highest BCUT2D eigenvalue weighted by atomic mass is 32.2. The zero-order chi connectivity index (χ0) is 13.0. The molecule has 1 aromatic heterocycles. The van der Waals surface area contributed by atoms with E-state index in [1.807, 2.05) is 4.68 Å². The third-order valence-electron chi connectivity index (χ3n) is 3.33. The van der Waals surface area contributed by atoms with Crippen LogP contribution < -0.4 is 5.32 Å². The predicted molar refractivity (Wildman–Crippen MR) is 74.6 cm³/mol. The van der Waals surface area contributed by atoms with Crippen molar-refractivity contribution in [1.29, 1.82) is 0 Å². The molecule has 0 bridgehead atoms. The van der Waals surface area contributed by atoms with E-state index in [4.69, 9.17) is 0 Å². The van der Waals surface area contributed by atoms with Crippen molar-refractivity contribution >= 4 is 11.8 Å². The lowest BCUT2D eigenvalue weighted by atomic mass is 10.2. The molecule has 6 heteroatoms. The number of hydrogen-bond acceptors (Lipinski definition) is 5. The van der Waals surface area contributed by atoms with Gasteiger partial charge in [-0.3, -0.25) is 0 Å². The number of nitrogens with one attached hydrogen (secondary N) is 1. The summed E-state index contributed by atoms with van der Waals surface area (Å²) in [7, 11) is 0. The summed E-state index contributed by atoms with van der Waals surface area (Å²) in [4.78, 5) is 0. The third kappa shape index (κ3) is 3.45. The third-order valence-corrected chi connectivity index (χ3v) is 4.57. The van der Waals surface area contributed by atoms with Gasteiger partial charge in [-0.15, -0.1) is 5.10 Å². The van der Waals surface area contributed by atoms with E-state index in [-0.39, 0.29) is 0 Å². The SMILES string of the molecule is CCSC1CCC(n2nnnc2CNC(C)C)C1. The van der Waals surface area contributed by atoms with Crippen molar-refractivity contribution in [1.82, 2.24) is 25.5 Å². The fourth-order valence-electron chi connectivity index (χ4n) is 2.43. The first-order valence-corrected chi connectivity index (χ1v) is 7.87. The Labute approximate surface area is 113 Å². The maximum absolute atomic E-state index is 4.18. The van der Waals surface area contributed by atoms with E-state index in [0.717, 1.165) is 17.6 Å². The predicted octanol–water partition coefficient (Wildman–Crippen LogP) is 2.02. The largest absolute Gasteiger partial charge is 0.308 e. The molecule has 2 rings (SSSR count). The monoisotopic (exact) mass is 269 g/mol. The number of rotatable bonds is 6. The molecule has 0 aliphatic heterocycles. The van der Waals surface area contributed by atoms with Crippen molar-refractivity contribution in [3.05, 3.63) is 5.82 Å². The van der Waals surface area contributed by atoms with Gasteiger partial charge in [-0.2, -0.15) is 11.8 Å². The van der Waals surface area contributed by atoms with Crippen LogP contribution in [0.2, 0.25) is 0 Å². The van der Waals surface area contributed by atoms with Crippen LogP contribution in [-0.4, -0.2) is 37.3 Å². The minimum atomic E-state index is 0.460. The molecule has 0 aromatic carbocycles. The van der Waals surface area contributed by atoms with Gasteiger partial charge in [-0.25, -0.2) is 4.68 Å². The van der Waals surface area contributed by atoms with Gasteiger partial charge in [0.1, 0.15) is 0 Å². The molecule has 0 saturated heterocycles. The molecule has 5 nitrogen and oxygen atoms in total. The summed E-state index contributed by atoms with van der Waals surface area (Å²) < 4.78 is 2.03. The van der Waals surface area contributed by atoms with Gasteiger partial charge in [-0.05, 0) is 35.4 Å². The average molecular weight is 269 g/mol.